The van der Waals surface area contributed by atoms with Gasteiger partial charge in [0.2, 0.25) is 0 Å². The molecule has 174 valence electrons. The Morgan fingerprint density at radius 1 is 0.848 bits per heavy atom. The number of hydrogen-bond donors (Lipinski definition) is 1. The minimum atomic E-state index is 0.360. The second kappa shape index (κ2) is 11.2. The molecule has 0 radical (unpaired) electrons. The van der Waals surface area contributed by atoms with Crippen LogP contribution in [0.2, 0.25) is 15.1 Å². The Labute approximate surface area is 209 Å². The van der Waals surface area contributed by atoms with Crippen LogP contribution in [0.25, 0.3) is 0 Å². The molecule has 0 saturated carbocycles. The molecule has 1 saturated heterocycles. The van der Waals surface area contributed by atoms with Gasteiger partial charge in [-0.25, -0.2) is 0 Å². The van der Waals surface area contributed by atoms with Gasteiger partial charge in [-0.15, -0.1) is 0 Å². The highest BCUT2D eigenvalue weighted by Crippen LogP contribution is 2.32. The highest BCUT2D eigenvalue weighted by atomic mass is 35.5. The van der Waals surface area contributed by atoms with Crippen molar-refractivity contribution in [3.63, 3.8) is 0 Å². The summed E-state index contributed by atoms with van der Waals surface area (Å²) >= 11 is 18.6. The SMILES string of the molecule is COc1cc(CNc2ccc(N3CCOCC3)c(Cl)c2)ccc1OCc1ccc(Cl)c(Cl)c1. The Kier molecular flexibility index (Phi) is 8.10. The van der Waals surface area contributed by atoms with Crippen LogP contribution in [-0.2, 0) is 17.9 Å². The molecule has 3 aromatic rings. The minimum Gasteiger partial charge on any atom is -0.493 e. The Balaban J connectivity index is 1.37. The zero-order valence-electron chi connectivity index (χ0n) is 18.2. The third-order valence-electron chi connectivity index (χ3n) is 5.40. The number of benzene rings is 3. The van der Waals surface area contributed by atoms with E-state index in [9.17, 15) is 0 Å². The van der Waals surface area contributed by atoms with Crippen LogP contribution in [0.15, 0.2) is 54.6 Å². The van der Waals surface area contributed by atoms with Crippen molar-refractivity contribution in [1.29, 1.82) is 0 Å². The van der Waals surface area contributed by atoms with Gasteiger partial charge in [0.25, 0.3) is 0 Å². The third kappa shape index (κ3) is 6.18. The Hall–Kier alpha value is -2.31. The lowest BCUT2D eigenvalue weighted by Gasteiger charge is -2.29. The Morgan fingerprint density at radius 2 is 1.64 bits per heavy atom. The van der Waals surface area contributed by atoms with E-state index in [0.29, 0.717) is 34.7 Å². The molecule has 0 aromatic heterocycles. The van der Waals surface area contributed by atoms with E-state index >= 15 is 0 Å². The molecule has 1 N–H and O–H groups in total. The van der Waals surface area contributed by atoms with Crippen molar-refractivity contribution < 1.29 is 14.2 Å². The van der Waals surface area contributed by atoms with Crippen molar-refractivity contribution in [1.82, 2.24) is 0 Å². The fourth-order valence-corrected chi connectivity index (χ4v) is 4.23. The van der Waals surface area contributed by atoms with Gasteiger partial charge < -0.3 is 24.4 Å². The maximum Gasteiger partial charge on any atom is 0.161 e. The lowest BCUT2D eigenvalue weighted by atomic mass is 10.2. The van der Waals surface area contributed by atoms with Gasteiger partial charge in [-0.2, -0.15) is 0 Å². The maximum atomic E-state index is 6.54. The molecule has 1 heterocycles. The summed E-state index contributed by atoms with van der Waals surface area (Å²) < 4.78 is 16.9. The quantitative estimate of drug-likeness (QED) is 0.368. The first kappa shape index (κ1) is 23.8. The van der Waals surface area contributed by atoms with Crippen molar-refractivity contribution in [3.05, 3.63) is 80.8 Å². The molecule has 0 amide bonds. The summed E-state index contributed by atoms with van der Waals surface area (Å²) in [7, 11) is 1.63. The first-order valence-electron chi connectivity index (χ1n) is 10.6. The van der Waals surface area contributed by atoms with Crippen molar-refractivity contribution in [3.8, 4) is 11.5 Å². The van der Waals surface area contributed by atoms with E-state index in [4.69, 9.17) is 49.0 Å². The highest BCUT2D eigenvalue weighted by Gasteiger charge is 2.14. The molecule has 4 rings (SSSR count). The van der Waals surface area contributed by atoms with Gasteiger partial charge in [0.05, 0.1) is 41.1 Å². The molecule has 1 aliphatic heterocycles. The van der Waals surface area contributed by atoms with E-state index in [2.05, 4.69) is 16.3 Å². The summed E-state index contributed by atoms with van der Waals surface area (Å²) in [4.78, 5) is 2.25. The normalized spacial score (nSPS) is 13.6. The van der Waals surface area contributed by atoms with Gasteiger partial charge in [0, 0.05) is 25.3 Å². The first-order chi connectivity index (χ1) is 16.0. The second-order valence-corrected chi connectivity index (χ2v) is 8.86. The van der Waals surface area contributed by atoms with Crippen LogP contribution in [0.1, 0.15) is 11.1 Å². The number of nitrogens with zero attached hydrogens (tertiary/aromatic N) is 1. The number of hydrogen-bond acceptors (Lipinski definition) is 5. The van der Waals surface area contributed by atoms with Crippen molar-refractivity contribution in [2.75, 3.05) is 43.6 Å². The van der Waals surface area contributed by atoms with E-state index in [1.807, 2.05) is 36.4 Å². The van der Waals surface area contributed by atoms with Gasteiger partial charge in [-0.05, 0) is 53.6 Å². The molecular formula is C25H25Cl3N2O3. The van der Waals surface area contributed by atoms with Crippen LogP contribution in [-0.4, -0.2) is 33.4 Å². The summed E-state index contributed by atoms with van der Waals surface area (Å²) in [5, 5.41) is 5.17. The van der Waals surface area contributed by atoms with Crippen molar-refractivity contribution in [2.45, 2.75) is 13.2 Å². The number of methoxy groups -OCH3 is 1. The maximum absolute atomic E-state index is 6.54. The lowest BCUT2D eigenvalue weighted by molar-refractivity contribution is 0.122. The molecule has 0 spiro atoms. The predicted molar refractivity (Wildman–Crippen MR) is 136 cm³/mol. The van der Waals surface area contributed by atoms with Crippen LogP contribution in [0, 0.1) is 0 Å². The van der Waals surface area contributed by atoms with Crippen LogP contribution >= 0.6 is 34.8 Å². The van der Waals surface area contributed by atoms with Crippen LogP contribution in [0.5, 0.6) is 11.5 Å². The average Bonchev–Trinajstić information content (AvgIpc) is 2.84. The fourth-order valence-electron chi connectivity index (χ4n) is 3.61. The zero-order chi connectivity index (χ0) is 23.2. The molecule has 5 nitrogen and oxygen atoms in total. The molecule has 1 aliphatic rings. The van der Waals surface area contributed by atoms with Gasteiger partial charge in [-0.1, -0.05) is 46.9 Å². The van der Waals surface area contributed by atoms with Crippen LogP contribution < -0.4 is 19.7 Å². The summed E-state index contributed by atoms with van der Waals surface area (Å²) in [5.74, 6) is 1.32. The molecule has 0 bridgehead atoms. The molecule has 0 unspecified atom stereocenters. The summed E-state index contributed by atoms with van der Waals surface area (Å²) in [6.45, 7) is 4.14. The van der Waals surface area contributed by atoms with Crippen LogP contribution in [0.3, 0.4) is 0 Å². The lowest BCUT2D eigenvalue weighted by Crippen LogP contribution is -2.36. The predicted octanol–water partition coefficient (Wildman–Crippen LogP) is 6.68. The largest absolute Gasteiger partial charge is 0.493 e. The van der Waals surface area contributed by atoms with Gasteiger partial charge in [-0.3, -0.25) is 0 Å². The number of ether oxygens (including phenoxy) is 3. The van der Waals surface area contributed by atoms with Crippen LogP contribution in [0.4, 0.5) is 11.4 Å². The number of morpholine rings is 1. The monoisotopic (exact) mass is 506 g/mol. The summed E-state index contributed by atoms with van der Waals surface area (Å²) in [5.41, 5.74) is 3.98. The Morgan fingerprint density at radius 3 is 2.36 bits per heavy atom. The summed E-state index contributed by atoms with van der Waals surface area (Å²) in [6.07, 6.45) is 0. The molecule has 3 aromatic carbocycles. The van der Waals surface area contributed by atoms with Gasteiger partial charge in [0.1, 0.15) is 6.61 Å². The number of halogens is 3. The average molecular weight is 508 g/mol. The minimum absolute atomic E-state index is 0.360. The molecular weight excluding hydrogens is 483 g/mol. The highest BCUT2D eigenvalue weighted by molar-refractivity contribution is 6.42. The van der Waals surface area contributed by atoms with Gasteiger partial charge >= 0.3 is 0 Å². The standard InChI is InChI=1S/C25H25Cl3N2O3/c1-31-25-13-17(3-7-24(25)33-16-18-2-5-20(26)21(27)12-18)15-29-19-4-6-23(22(28)14-19)30-8-10-32-11-9-30/h2-7,12-14,29H,8-11,15-16H2,1H3. The van der Waals surface area contributed by atoms with E-state index in [0.717, 1.165) is 53.8 Å². The molecule has 0 aliphatic carbocycles. The van der Waals surface area contributed by atoms with E-state index in [1.54, 1.807) is 19.2 Å². The Bertz CT molecular complexity index is 1100. The van der Waals surface area contributed by atoms with Crippen molar-refractivity contribution in [2.24, 2.45) is 0 Å². The third-order valence-corrected chi connectivity index (χ3v) is 6.44. The first-order valence-corrected chi connectivity index (χ1v) is 11.8. The zero-order valence-corrected chi connectivity index (χ0v) is 20.5. The second-order valence-electron chi connectivity index (χ2n) is 7.64. The van der Waals surface area contributed by atoms with E-state index in [-0.39, 0.29) is 0 Å². The van der Waals surface area contributed by atoms with Gasteiger partial charge in [0.15, 0.2) is 11.5 Å². The van der Waals surface area contributed by atoms with E-state index < -0.39 is 0 Å². The van der Waals surface area contributed by atoms with Crippen molar-refractivity contribution >= 4 is 46.2 Å². The number of rotatable bonds is 8. The molecule has 1 fully saturated rings. The topological polar surface area (TPSA) is 43.0 Å². The molecule has 8 heteroatoms. The molecule has 33 heavy (non-hydrogen) atoms. The molecule has 0 atom stereocenters. The number of anilines is 2. The smallest absolute Gasteiger partial charge is 0.161 e. The van der Waals surface area contributed by atoms with E-state index in [1.165, 1.54) is 0 Å². The fraction of sp³-hybridized carbons (Fsp3) is 0.280. The summed E-state index contributed by atoms with van der Waals surface area (Å²) in [6, 6.07) is 17.4. The number of nitrogens with one attached hydrogen (secondary N) is 1.